The van der Waals surface area contributed by atoms with Gasteiger partial charge in [-0.05, 0) is 50.1 Å². The van der Waals surface area contributed by atoms with Gasteiger partial charge in [0.2, 0.25) is 0 Å². The summed E-state index contributed by atoms with van der Waals surface area (Å²) in [6, 6.07) is 7.41. The zero-order valence-electron chi connectivity index (χ0n) is 14.3. The second-order valence-electron chi connectivity index (χ2n) is 5.32. The van der Waals surface area contributed by atoms with Crippen molar-refractivity contribution in [3.63, 3.8) is 0 Å². The summed E-state index contributed by atoms with van der Waals surface area (Å²) in [5, 5.41) is 0. The Morgan fingerprint density at radius 3 is 2.67 bits per heavy atom. The molecule has 5 heteroatoms. The molecule has 1 aromatic carbocycles. The fourth-order valence-electron chi connectivity index (χ4n) is 2.53. The van der Waals surface area contributed by atoms with Crippen LogP contribution in [0.15, 0.2) is 30.3 Å². The number of esters is 1. The van der Waals surface area contributed by atoms with Crippen LogP contribution in [-0.2, 0) is 4.74 Å². The van der Waals surface area contributed by atoms with Crippen molar-refractivity contribution in [1.29, 1.82) is 0 Å². The number of ether oxygens (including phenoxy) is 2. The lowest BCUT2D eigenvalue weighted by molar-refractivity contribution is 0.0519. The highest BCUT2D eigenvalue weighted by Crippen LogP contribution is 2.21. The molecular weight excluding hydrogens is 306 g/mol. The van der Waals surface area contributed by atoms with E-state index in [1.807, 2.05) is 24.3 Å². The van der Waals surface area contributed by atoms with Crippen molar-refractivity contribution in [1.82, 2.24) is 4.98 Å². The van der Waals surface area contributed by atoms with Gasteiger partial charge in [0.1, 0.15) is 11.4 Å². The number of aromatic nitrogens is 1. The summed E-state index contributed by atoms with van der Waals surface area (Å²) in [6.45, 7) is 5.53. The fraction of sp³-hybridized carbons (Fsp3) is 0.263. The quantitative estimate of drug-likeness (QED) is 0.499. The molecule has 1 N–H and O–H groups in total. The molecule has 1 heterocycles. The van der Waals surface area contributed by atoms with E-state index < -0.39 is 5.97 Å². The summed E-state index contributed by atoms with van der Waals surface area (Å²) >= 11 is 0. The van der Waals surface area contributed by atoms with Crippen LogP contribution >= 0.6 is 0 Å². The number of carbonyl (C=O) groups excluding carboxylic acids is 2. The predicted molar refractivity (Wildman–Crippen MR) is 92.6 cm³/mol. The van der Waals surface area contributed by atoms with Gasteiger partial charge in [0.05, 0.1) is 13.7 Å². The normalized spacial score (nSPS) is 10.8. The molecule has 0 aliphatic rings. The minimum absolute atomic E-state index is 0.167. The number of aryl methyl sites for hydroxylation is 1. The molecular formula is C19H21NO4. The molecule has 0 fully saturated rings. The third-order valence-electron chi connectivity index (χ3n) is 3.68. The summed E-state index contributed by atoms with van der Waals surface area (Å²) in [5.74, 6) is 0.108. The van der Waals surface area contributed by atoms with Crippen LogP contribution in [0.5, 0.6) is 5.75 Å². The van der Waals surface area contributed by atoms with E-state index in [-0.39, 0.29) is 12.4 Å². The van der Waals surface area contributed by atoms with Crippen LogP contribution in [0.25, 0.3) is 6.08 Å². The fourth-order valence-corrected chi connectivity index (χ4v) is 2.53. The number of aromatic amines is 1. The maximum Gasteiger partial charge on any atom is 0.355 e. The molecule has 24 heavy (non-hydrogen) atoms. The number of methoxy groups -OCH3 is 1. The summed E-state index contributed by atoms with van der Waals surface area (Å²) in [4.78, 5) is 27.4. The highest BCUT2D eigenvalue weighted by atomic mass is 16.5. The lowest BCUT2D eigenvalue weighted by Gasteiger charge is -2.01. The number of H-pyrrole nitrogens is 1. The topological polar surface area (TPSA) is 68.4 Å². The van der Waals surface area contributed by atoms with Crippen LogP contribution in [0.4, 0.5) is 0 Å². The third-order valence-corrected chi connectivity index (χ3v) is 3.68. The van der Waals surface area contributed by atoms with E-state index in [1.165, 1.54) is 6.08 Å². The Balaban J connectivity index is 2.26. The molecule has 5 nitrogen and oxygen atoms in total. The molecule has 0 saturated carbocycles. The maximum absolute atomic E-state index is 12.5. The standard InChI is InChI=1S/C19H21NO4/c1-5-24-19(22)18-12(2)17(13(3)20-18)16(21)10-9-14-7-6-8-15(11-14)23-4/h6-11,20H,5H2,1-4H3/b10-9+. The van der Waals surface area contributed by atoms with E-state index in [9.17, 15) is 9.59 Å². The van der Waals surface area contributed by atoms with Crippen LogP contribution in [0.2, 0.25) is 0 Å². The van der Waals surface area contributed by atoms with Crippen molar-refractivity contribution >= 4 is 17.8 Å². The van der Waals surface area contributed by atoms with E-state index in [2.05, 4.69) is 4.98 Å². The van der Waals surface area contributed by atoms with Crippen molar-refractivity contribution in [2.24, 2.45) is 0 Å². The SMILES string of the molecule is CCOC(=O)c1[nH]c(C)c(C(=O)/C=C/c2cccc(OC)c2)c1C. The average Bonchev–Trinajstić information content (AvgIpc) is 2.88. The molecule has 0 spiro atoms. The Hall–Kier alpha value is -2.82. The molecule has 0 radical (unpaired) electrons. The molecule has 0 aliphatic carbocycles. The lowest BCUT2D eigenvalue weighted by Crippen LogP contribution is -2.07. The van der Waals surface area contributed by atoms with Crippen LogP contribution in [-0.4, -0.2) is 30.5 Å². The van der Waals surface area contributed by atoms with Crippen LogP contribution in [0.3, 0.4) is 0 Å². The Bertz CT molecular complexity index is 787. The van der Waals surface area contributed by atoms with E-state index in [0.717, 1.165) is 11.3 Å². The first kappa shape index (κ1) is 17.5. The molecule has 126 valence electrons. The Morgan fingerprint density at radius 2 is 2.00 bits per heavy atom. The number of nitrogens with one attached hydrogen (secondary N) is 1. The molecule has 0 bridgehead atoms. The monoisotopic (exact) mass is 327 g/mol. The predicted octanol–water partition coefficient (Wildman–Crippen LogP) is 3.71. The van der Waals surface area contributed by atoms with Gasteiger partial charge in [-0.2, -0.15) is 0 Å². The maximum atomic E-state index is 12.5. The Kier molecular flexibility index (Phi) is 5.58. The van der Waals surface area contributed by atoms with Crippen molar-refractivity contribution < 1.29 is 19.1 Å². The molecule has 0 amide bonds. The number of hydrogen-bond donors (Lipinski definition) is 1. The number of carbonyl (C=O) groups is 2. The summed E-state index contributed by atoms with van der Waals surface area (Å²) in [5.41, 5.74) is 2.94. The summed E-state index contributed by atoms with van der Waals surface area (Å²) in [7, 11) is 1.59. The van der Waals surface area contributed by atoms with E-state index in [0.29, 0.717) is 22.5 Å². The minimum atomic E-state index is -0.450. The third kappa shape index (κ3) is 3.74. The van der Waals surface area contributed by atoms with Crippen molar-refractivity contribution in [3.05, 3.63) is 58.4 Å². The molecule has 0 saturated heterocycles. The van der Waals surface area contributed by atoms with Gasteiger partial charge >= 0.3 is 5.97 Å². The van der Waals surface area contributed by atoms with E-state index >= 15 is 0 Å². The minimum Gasteiger partial charge on any atom is -0.497 e. The molecule has 2 rings (SSSR count). The van der Waals surface area contributed by atoms with Gasteiger partial charge in [-0.25, -0.2) is 4.79 Å². The first-order valence-corrected chi connectivity index (χ1v) is 7.70. The average molecular weight is 327 g/mol. The number of ketones is 1. The van der Waals surface area contributed by atoms with Gasteiger partial charge < -0.3 is 14.5 Å². The molecule has 2 aromatic rings. The van der Waals surface area contributed by atoms with Gasteiger partial charge in [-0.15, -0.1) is 0 Å². The second kappa shape index (κ2) is 7.64. The largest absolute Gasteiger partial charge is 0.497 e. The van der Waals surface area contributed by atoms with E-state index in [1.54, 1.807) is 34.0 Å². The van der Waals surface area contributed by atoms with Gasteiger partial charge in [0.25, 0.3) is 0 Å². The Labute approximate surface area is 141 Å². The molecule has 1 aromatic heterocycles. The molecule has 0 aliphatic heterocycles. The van der Waals surface area contributed by atoms with Crippen molar-refractivity contribution in [2.45, 2.75) is 20.8 Å². The smallest absolute Gasteiger partial charge is 0.355 e. The number of allylic oxidation sites excluding steroid dienone is 1. The zero-order valence-corrected chi connectivity index (χ0v) is 14.3. The van der Waals surface area contributed by atoms with Gasteiger partial charge in [-0.3, -0.25) is 4.79 Å². The second-order valence-corrected chi connectivity index (χ2v) is 5.32. The molecule has 0 unspecified atom stereocenters. The number of rotatable bonds is 6. The summed E-state index contributed by atoms with van der Waals surface area (Å²) in [6.07, 6.45) is 3.22. The lowest BCUT2D eigenvalue weighted by atomic mass is 10.0. The van der Waals surface area contributed by atoms with Crippen molar-refractivity contribution in [2.75, 3.05) is 13.7 Å². The highest BCUT2D eigenvalue weighted by molar-refractivity contribution is 6.10. The zero-order chi connectivity index (χ0) is 17.7. The van der Waals surface area contributed by atoms with Gasteiger partial charge in [0, 0.05) is 11.3 Å². The van der Waals surface area contributed by atoms with Crippen LogP contribution < -0.4 is 4.74 Å². The first-order valence-electron chi connectivity index (χ1n) is 7.70. The first-order chi connectivity index (χ1) is 11.5. The van der Waals surface area contributed by atoms with Gasteiger partial charge in [0.15, 0.2) is 5.78 Å². The molecule has 0 atom stereocenters. The van der Waals surface area contributed by atoms with Crippen LogP contribution in [0.1, 0.15) is 44.6 Å². The van der Waals surface area contributed by atoms with Gasteiger partial charge in [-0.1, -0.05) is 18.2 Å². The highest BCUT2D eigenvalue weighted by Gasteiger charge is 2.21. The summed E-state index contributed by atoms with van der Waals surface area (Å²) < 4.78 is 10.2. The number of benzene rings is 1. The van der Waals surface area contributed by atoms with Crippen LogP contribution in [0, 0.1) is 13.8 Å². The van der Waals surface area contributed by atoms with Crippen molar-refractivity contribution in [3.8, 4) is 5.75 Å². The Morgan fingerprint density at radius 1 is 1.25 bits per heavy atom. The number of hydrogen-bond acceptors (Lipinski definition) is 4. The van der Waals surface area contributed by atoms with E-state index in [4.69, 9.17) is 9.47 Å².